The maximum atomic E-state index is 4.25. The van der Waals surface area contributed by atoms with Crippen LogP contribution in [0, 0.1) is 0 Å². The molecule has 1 heteroatoms. The lowest BCUT2D eigenvalue weighted by Crippen LogP contribution is -1.55. The second-order valence-electron chi connectivity index (χ2n) is 0.408. The Morgan fingerprint density at radius 2 is 1.00 bits per heavy atom. The van der Waals surface area contributed by atoms with Gasteiger partial charge in [-0.25, -0.2) is 0 Å². The van der Waals surface area contributed by atoms with Crippen molar-refractivity contribution in [2.45, 2.75) is 13.8 Å². The topological polar surface area (TPSA) is 9.23 Å². The Kier molecular flexibility index (Phi) is 66.8. The minimum Gasteiger partial charge on any atom is -0.388 e. The predicted molar refractivity (Wildman–Crippen MR) is 24.3 cm³/mol. The van der Waals surface area contributed by atoms with Crippen LogP contribution in [-0.2, 0) is 4.74 Å². The first-order chi connectivity index (χ1) is 2.41. The molecule has 0 atom stereocenters. The van der Waals surface area contributed by atoms with E-state index in [0.29, 0.717) is 0 Å². The molecule has 0 bridgehead atoms. The molecule has 5 heavy (non-hydrogen) atoms. The van der Waals surface area contributed by atoms with Gasteiger partial charge in [-0.3, -0.25) is 0 Å². The molecule has 0 N–H and O–H groups in total. The SMILES string of the molecule is CC.COC. The quantitative estimate of drug-likeness (QED) is 0.422. The zero-order valence-corrected chi connectivity index (χ0v) is 4.41. The molecule has 0 aliphatic rings. The molecule has 0 aromatic carbocycles. The van der Waals surface area contributed by atoms with Gasteiger partial charge in [-0.15, -0.1) is 0 Å². The highest BCUT2D eigenvalue weighted by Gasteiger charge is 1.25. The Bertz CT molecular complexity index is 3.61. The van der Waals surface area contributed by atoms with Gasteiger partial charge < -0.3 is 4.74 Å². The van der Waals surface area contributed by atoms with Crippen molar-refractivity contribution in [1.82, 2.24) is 0 Å². The van der Waals surface area contributed by atoms with Crippen molar-refractivity contribution in [3.05, 3.63) is 0 Å². The van der Waals surface area contributed by atoms with Crippen molar-refractivity contribution < 1.29 is 4.74 Å². The standard InChI is InChI=1S/C2H6O.C2H6/c1-3-2;1-2/h1-2H3;1-2H3. The fourth-order valence-corrected chi connectivity index (χ4v) is 0. The van der Waals surface area contributed by atoms with Crippen LogP contribution < -0.4 is 0 Å². The minimum atomic E-state index is 1.62. The number of methoxy groups -OCH3 is 1. The summed E-state index contributed by atoms with van der Waals surface area (Å²) in [6.07, 6.45) is 0. The summed E-state index contributed by atoms with van der Waals surface area (Å²) < 4.78 is 4.25. The summed E-state index contributed by atoms with van der Waals surface area (Å²) in [5.41, 5.74) is 0. The third-order valence-electron chi connectivity index (χ3n) is 0. The summed E-state index contributed by atoms with van der Waals surface area (Å²) >= 11 is 0. The maximum Gasteiger partial charge on any atom is 0.0351 e. The third-order valence-corrected chi connectivity index (χ3v) is 0. The van der Waals surface area contributed by atoms with Crippen LogP contribution in [0.4, 0.5) is 0 Å². The van der Waals surface area contributed by atoms with E-state index in [9.17, 15) is 0 Å². The molecule has 0 saturated heterocycles. The second-order valence-corrected chi connectivity index (χ2v) is 0.408. The Morgan fingerprint density at radius 1 is 1.00 bits per heavy atom. The van der Waals surface area contributed by atoms with Gasteiger partial charge in [0.1, 0.15) is 0 Å². The molecule has 0 heterocycles. The highest BCUT2D eigenvalue weighted by atomic mass is 16.4. The lowest BCUT2D eigenvalue weighted by Gasteiger charge is -1.61. The van der Waals surface area contributed by atoms with Crippen LogP contribution in [0.5, 0.6) is 0 Å². The summed E-state index contributed by atoms with van der Waals surface area (Å²) in [6.45, 7) is 4.00. The molecule has 0 aliphatic heterocycles. The minimum absolute atomic E-state index is 1.62. The van der Waals surface area contributed by atoms with Crippen LogP contribution in [0.1, 0.15) is 13.8 Å². The van der Waals surface area contributed by atoms with Crippen LogP contribution in [-0.4, -0.2) is 14.2 Å². The van der Waals surface area contributed by atoms with Gasteiger partial charge >= 0.3 is 0 Å². The Morgan fingerprint density at radius 3 is 1.00 bits per heavy atom. The van der Waals surface area contributed by atoms with E-state index >= 15 is 0 Å². The highest BCUT2D eigenvalue weighted by molar-refractivity contribution is 3.56. The summed E-state index contributed by atoms with van der Waals surface area (Å²) in [7, 11) is 3.25. The number of hydrogen-bond acceptors (Lipinski definition) is 1. The molecule has 0 aliphatic carbocycles. The summed E-state index contributed by atoms with van der Waals surface area (Å²) in [5.74, 6) is 0. The molecule has 0 aromatic rings. The first-order valence-corrected chi connectivity index (χ1v) is 1.82. The number of ether oxygens (including phenoxy) is 1. The molecular weight excluding hydrogens is 64.0 g/mol. The van der Waals surface area contributed by atoms with E-state index in [0.717, 1.165) is 0 Å². The molecule has 34 valence electrons. The largest absolute Gasteiger partial charge is 0.388 e. The summed E-state index contributed by atoms with van der Waals surface area (Å²) in [4.78, 5) is 0. The first-order valence-electron chi connectivity index (χ1n) is 1.82. The third kappa shape index (κ3) is 9510. The van der Waals surface area contributed by atoms with E-state index in [1.54, 1.807) is 14.2 Å². The van der Waals surface area contributed by atoms with Crippen molar-refractivity contribution in [2.24, 2.45) is 0 Å². The van der Waals surface area contributed by atoms with Gasteiger partial charge in [-0.05, 0) is 0 Å². The van der Waals surface area contributed by atoms with Gasteiger partial charge in [0.05, 0.1) is 0 Å². The van der Waals surface area contributed by atoms with E-state index in [4.69, 9.17) is 0 Å². The average Bonchev–Trinajstić information content (AvgIpc) is 1.46. The first kappa shape index (κ1) is 8.88. The summed E-state index contributed by atoms with van der Waals surface area (Å²) in [5, 5.41) is 0. The van der Waals surface area contributed by atoms with E-state index in [-0.39, 0.29) is 0 Å². The fourth-order valence-electron chi connectivity index (χ4n) is 0. The Hall–Kier alpha value is -0.0400. The number of hydrogen-bond donors (Lipinski definition) is 0. The van der Waals surface area contributed by atoms with E-state index in [2.05, 4.69) is 4.74 Å². The average molecular weight is 76.1 g/mol. The van der Waals surface area contributed by atoms with E-state index < -0.39 is 0 Å². The lowest BCUT2D eigenvalue weighted by atomic mass is 11.0. The van der Waals surface area contributed by atoms with E-state index in [1.165, 1.54) is 0 Å². The molecule has 0 spiro atoms. The van der Waals surface area contributed by atoms with Gasteiger partial charge in [0.15, 0.2) is 0 Å². The lowest BCUT2D eigenvalue weighted by molar-refractivity contribution is 0.277. The molecule has 1 nitrogen and oxygen atoms in total. The van der Waals surface area contributed by atoms with Crippen molar-refractivity contribution in [1.29, 1.82) is 0 Å². The molecule has 0 rings (SSSR count). The molecule has 0 aromatic heterocycles. The van der Waals surface area contributed by atoms with Gasteiger partial charge in [-0.1, -0.05) is 13.8 Å². The second kappa shape index (κ2) is 37.6. The summed E-state index contributed by atoms with van der Waals surface area (Å²) in [6, 6.07) is 0. The van der Waals surface area contributed by atoms with Crippen molar-refractivity contribution in [3.8, 4) is 0 Å². The predicted octanol–water partition coefficient (Wildman–Crippen LogP) is 1.29. The van der Waals surface area contributed by atoms with Crippen molar-refractivity contribution in [3.63, 3.8) is 0 Å². The van der Waals surface area contributed by atoms with Crippen LogP contribution in [0.2, 0.25) is 0 Å². The molecule has 0 fully saturated rings. The fraction of sp³-hybridized carbons (Fsp3) is 1.00. The van der Waals surface area contributed by atoms with Crippen LogP contribution in [0.25, 0.3) is 0 Å². The van der Waals surface area contributed by atoms with Crippen molar-refractivity contribution >= 4 is 0 Å². The Labute approximate surface area is 34.0 Å². The van der Waals surface area contributed by atoms with Crippen molar-refractivity contribution in [2.75, 3.05) is 14.2 Å². The smallest absolute Gasteiger partial charge is 0.0351 e. The molecule has 0 saturated carbocycles. The maximum absolute atomic E-state index is 4.25. The van der Waals surface area contributed by atoms with Gasteiger partial charge in [0.2, 0.25) is 0 Å². The molecule has 0 radical (unpaired) electrons. The van der Waals surface area contributed by atoms with Gasteiger partial charge in [0, 0.05) is 14.2 Å². The highest BCUT2D eigenvalue weighted by Crippen LogP contribution is 1.28. The monoisotopic (exact) mass is 76.1 g/mol. The van der Waals surface area contributed by atoms with E-state index in [1.807, 2.05) is 13.8 Å². The zero-order chi connectivity index (χ0) is 4.71. The Balaban J connectivity index is 0. The van der Waals surface area contributed by atoms with Crippen LogP contribution in [0.3, 0.4) is 0 Å². The molecule has 0 unspecified atom stereocenters. The normalized spacial score (nSPS) is 4.80. The zero-order valence-electron chi connectivity index (χ0n) is 4.41. The van der Waals surface area contributed by atoms with Crippen LogP contribution >= 0.6 is 0 Å². The van der Waals surface area contributed by atoms with Gasteiger partial charge in [0.25, 0.3) is 0 Å². The number of rotatable bonds is 0. The van der Waals surface area contributed by atoms with Gasteiger partial charge in [-0.2, -0.15) is 0 Å². The molecular formula is C4H12O. The van der Waals surface area contributed by atoms with Crippen LogP contribution in [0.15, 0.2) is 0 Å². The molecule has 0 amide bonds.